The standard InChI is InChI=1S/C18H23N3/c1-18(2,3)13-10-8-12(9-11-13)17-20-15-7-5-6-14(19-4)16(15)21-17/h5-11,17,19-21H,1-4H3. The largest absolute Gasteiger partial charge is 0.386 e. The van der Waals surface area contributed by atoms with Gasteiger partial charge in [-0.1, -0.05) is 51.1 Å². The predicted molar refractivity (Wildman–Crippen MR) is 91.1 cm³/mol. The van der Waals surface area contributed by atoms with Gasteiger partial charge in [-0.2, -0.15) is 0 Å². The molecule has 0 saturated carbocycles. The first kappa shape index (κ1) is 13.8. The van der Waals surface area contributed by atoms with Crippen molar-refractivity contribution in [3.05, 3.63) is 53.6 Å². The van der Waals surface area contributed by atoms with Gasteiger partial charge in [0.05, 0.1) is 17.1 Å². The molecule has 0 radical (unpaired) electrons. The second-order valence-corrected chi connectivity index (χ2v) is 6.57. The number of benzene rings is 2. The van der Waals surface area contributed by atoms with Gasteiger partial charge in [0.1, 0.15) is 6.17 Å². The average Bonchev–Trinajstić information content (AvgIpc) is 2.90. The summed E-state index contributed by atoms with van der Waals surface area (Å²) in [5.74, 6) is 0. The summed E-state index contributed by atoms with van der Waals surface area (Å²) >= 11 is 0. The predicted octanol–water partition coefficient (Wildman–Crippen LogP) is 4.56. The molecule has 0 aromatic heterocycles. The highest BCUT2D eigenvalue weighted by Crippen LogP contribution is 2.40. The maximum Gasteiger partial charge on any atom is 0.123 e. The van der Waals surface area contributed by atoms with Crippen LogP contribution in [-0.4, -0.2) is 7.05 Å². The van der Waals surface area contributed by atoms with Crippen molar-refractivity contribution in [2.75, 3.05) is 23.0 Å². The molecule has 1 aliphatic rings. The maximum atomic E-state index is 3.55. The molecule has 2 aromatic carbocycles. The number of para-hydroxylation sites is 1. The van der Waals surface area contributed by atoms with Crippen LogP contribution in [0.2, 0.25) is 0 Å². The molecule has 3 heteroatoms. The lowest BCUT2D eigenvalue weighted by Crippen LogP contribution is -2.14. The maximum absolute atomic E-state index is 3.55. The third-order valence-corrected chi connectivity index (χ3v) is 4.03. The Balaban J connectivity index is 1.84. The smallest absolute Gasteiger partial charge is 0.123 e. The van der Waals surface area contributed by atoms with Gasteiger partial charge in [-0.25, -0.2) is 0 Å². The first-order valence-corrected chi connectivity index (χ1v) is 7.43. The Labute approximate surface area is 126 Å². The van der Waals surface area contributed by atoms with Crippen molar-refractivity contribution in [1.82, 2.24) is 0 Å². The zero-order valence-electron chi connectivity index (χ0n) is 13.1. The molecule has 0 spiro atoms. The van der Waals surface area contributed by atoms with Crippen LogP contribution in [0.25, 0.3) is 0 Å². The molecular weight excluding hydrogens is 258 g/mol. The number of nitrogens with one attached hydrogen (secondary N) is 3. The SMILES string of the molecule is CNc1cccc2c1NC(c1ccc(C(C)(C)C)cc1)N2. The van der Waals surface area contributed by atoms with Crippen molar-refractivity contribution in [3.63, 3.8) is 0 Å². The van der Waals surface area contributed by atoms with Crippen molar-refractivity contribution in [2.24, 2.45) is 0 Å². The number of rotatable bonds is 2. The summed E-state index contributed by atoms with van der Waals surface area (Å²) in [4.78, 5) is 0. The Bertz CT molecular complexity index is 639. The summed E-state index contributed by atoms with van der Waals surface area (Å²) in [5, 5.41) is 10.3. The Morgan fingerprint density at radius 3 is 2.29 bits per heavy atom. The van der Waals surface area contributed by atoms with Crippen LogP contribution in [0, 0.1) is 0 Å². The first-order chi connectivity index (χ1) is 9.99. The first-order valence-electron chi connectivity index (χ1n) is 7.43. The van der Waals surface area contributed by atoms with E-state index in [9.17, 15) is 0 Å². The van der Waals surface area contributed by atoms with Gasteiger partial charge in [0, 0.05) is 7.05 Å². The molecule has 110 valence electrons. The molecule has 0 bridgehead atoms. The van der Waals surface area contributed by atoms with Crippen LogP contribution in [-0.2, 0) is 5.41 Å². The van der Waals surface area contributed by atoms with E-state index < -0.39 is 0 Å². The fourth-order valence-electron chi connectivity index (χ4n) is 2.71. The number of fused-ring (bicyclic) bond motifs is 1. The Morgan fingerprint density at radius 2 is 1.67 bits per heavy atom. The van der Waals surface area contributed by atoms with Crippen LogP contribution in [0.15, 0.2) is 42.5 Å². The van der Waals surface area contributed by atoms with Gasteiger partial charge in [-0.05, 0) is 28.7 Å². The summed E-state index contributed by atoms with van der Waals surface area (Å²) in [7, 11) is 1.95. The molecule has 1 aliphatic heterocycles. The average molecular weight is 281 g/mol. The van der Waals surface area contributed by atoms with Crippen molar-refractivity contribution in [2.45, 2.75) is 32.4 Å². The molecule has 0 saturated heterocycles. The third kappa shape index (κ3) is 2.56. The van der Waals surface area contributed by atoms with Crippen LogP contribution in [0.3, 0.4) is 0 Å². The summed E-state index contributed by atoms with van der Waals surface area (Å²) in [5.41, 5.74) is 6.21. The lowest BCUT2D eigenvalue weighted by Gasteiger charge is -2.20. The normalized spacial score (nSPS) is 16.9. The van der Waals surface area contributed by atoms with E-state index in [1.807, 2.05) is 7.05 Å². The minimum atomic E-state index is 0.128. The monoisotopic (exact) mass is 281 g/mol. The summed E-state index contributed by atoms with van der Waals surface area (Å²) in [6, 6.07) is 15.1. The van der Waals surface area contributed by atoms with E-state index in [0.717, 1.165) is 17.1 Å². The molecule has 1 unspecified atom stereocenters. The highest BCUT2D eigenvalue weighted by atomic mass is 15.2. The van der Waals surface area contributed by atoms with Gasteiger partial charge >= 0.3 is 0 Å². The van der Waals surface area contributed by atoms with E-state index in [1.165, 1.54) is 11.1 Å². The second-order valence-electron chi connectivity index (χ2n) is 6.57. The fourth-order valence-corrected chi connectivity index (χ4v) is 2.71. The van der Waals surface area contributed by atoms with Gasteiger partial charge in [-0.15, -0.1) is 0 Å². The summed E-state index contributed by atoms with van der Waals surface area (Å²) < 4.78 is 0. The highest BCUT2D eigenvalue weighted by Gasteiger charge is 2.23. The molecule has 21 heavy (non-hydrogen) atoms. The van der Waals surface area contributed by atoms with Crippen molar-refractivity contribution >= 4 is 17.1 Å². The molecule has 3 rings (SSSR count). The van der Waals surface area contributed by atoms with Crippen LogP contribution in [0.4, 0.5) is 17.1 Å². The highest BCUT2D eigenvalue weighted by molar-refractivity contribution is 5.86. The van der Waals surface area contributed by atoms with Gasteiger partial charge in [0.2, 0.25) is 0 Å². The van der Waals surface area contributed by atoms with Crippen LogP contribution < -0.4 is 16.0 Å². The van der Waals surface area contributed by atoms with E-state index in [0.29, 0.717) is 0 Å². The van der Waals surface area contributed by atoms with Crippen molar-refractivity contribution < 1.29 is 0 Å². The zero-order chi connectivity index (χ0) is 15.0. The van der Waals surface area contributed by atoms with Crippen LogP contribution in [0.5, 0.6) is 0 Å². The van der Waals surface area contributed by atoms with E-state index in [4.69, 9.17) is 0 Å². The van der Waals surface area contributed by atoms with Crippen LogP contribution >= 0.6 is 0 Å². The third-order valence-electron chi connectivity index (χ3n) is 4.03. The van der Waals surface area contributed by atoms with E-state index in [2.05, 4.69) is 79.2 Å². The van der Waals surface area contributed by atoms with Crippen molar-refractivity contribution in [3.8, 4) is 0 Å². The number of anilines is 3. The van der Waals surface area contributed by atoms with Gasteiger partial charge < -0.3 is 16.0 Å². The summed E-state index contributed by atoms with van der Waals surface area (Å²) in [6.07, 6.45) is 0.128. The lowest BCUT2D eigenvalue weighted by atomic mass is 9.86. The topological polar surface area (TPSA) is 36.1 Å². The van der Waals surface area contributed by atoms with Gasteiger partial charge in [0.15, 0.2) is 0 Å². The molecule has 2 aromatic rings. The Kier molecular flexibility index (Phi) is 3.28. The molecular formula is C18H23N3. The molecule has 0 amide bonds. The molecule has 0 aliphatic carbocycles. The van der Waals surface area contributed by atoms with E-state index in [1.54, 1.807) is 0 Å². The lowest BCUT2D eigenvalue weighted by molar-refractivity contribution is 0.590. The van der Waals surface area contributed by atoms with Crippen molar-refractivity contribution in [1.29, 1.82) is 0 Å². The zero-order valence-corrected chi connectivity index (χ0v) is 13.1. The quantitative estimate of drug-likeness (QED) is 0.755. The summed E-state index contributed by atoms with van der Waals surface area (Å²) in [6.45, 7) is 6.72. The second kappa shape index (κ2) is 4.99. The van der Waals surface area contributed by atoms with Gasteiger partial charge in [0.25, 0.3) is 0 Å². The van der Waals surface area contributed by atoms with Crippen LogP contribution in [0.1, 0.15) is 38.1 Å². The molecule has 1 atom stereocenters. The van der Waals surface area contributed by atoms with E-state index >= 15 is 0 Å². The molecule has 0 fully saturated rings. The van der Waals surface area contributed by atoms with E-state index in [-0.39, 0.29) is 11.6 Å². The fraction of sp³-hybridized carbons (Fsp3) is 0.333. The minimum Gasteiger partial charge on any atom is -0.386 e. The minimum absolute atomic E-state index is 0.128. The Morgan fingerprint density at radius 1 is 0.952 bits per heavy atom. The molecule has 3 N–H and O–H groups in total. The molecule has 3 nitrogen and oxygen atoms in total. The number of hydrogen-bond donors (Lipinski definition) is 3. The Hall–Kier alpha value is -2.16. The van der Waals surface area contributed by atoms with Gasteiger partial charge in [-0.3, -0.25) is 0 Å². The molecule has 1 heterocycles. The number of hydrogen-bond acceptors (Lipinski definition) is 3.